The van der Waals surface area contributed by atoms with Crippen molar-refractivity contribution in [2.75, 3.05) is 32.8 Å². The minimum atomic E-state index is 0.266. The molecule has 0 aromatic rings. The smallest absolute Gasteiger partial charge is 0.0499 e. The summed E-state index contributed by atoms with van der Waals surface area (Å²) in [6.45, 7) is 4.86. The van der Waals surface area contributed by atoms with Crippen LogP contribution in [0.5, 0.6) is 0 Å². The van der Waals surface area contributed by atoms with Crippen LogP contribution in [0.15, 0.2) is 0 Å². The molecule has 0 radical (unpaired) electrons. The minimum absolute atomic E-state index is 0.266. The fourth-order valence-electron chi connectivity index (χ4n) is 2.21. The maximum absolute atomic E-state index is 9.14. The van der Waals surface area contributed by atoms with Crippen molar-refractivity contribution < 1.29 is 5.11 Å². The molecule has 14 heavy (non-hydrogen) atoms. The van der Waals surface area contributed by atoms with Gasteiger partial charge in [0.05, 0.1) is 0 Å². The second-order valence-corrected chi connectivity index (χ2v) is 5.00. The van der Waals surface area contributed by atoms with Crippen LogP contribution in [-0.4, -0.2) is 37.9 Å². The first-order valence-corrected chi connectivity index (χ1v) is 5.87. The van der Waals surface area contributed by atoms with Crippen molar-refractivity contribution in [3.8, 4) is 0 Å². The maximum Gasteiger partial charge on any atom is 0.0499 e. The number of rotatable bonds is 5. The van der Waals surface area contributed by atoms with Crippen LogP contribution in [-0.2, 0) is 0 Å². The van der Waals surface area contributed by atoms with E-state index >= 15 is 0 Å². The molecule has 0 aromatic heterocycles. The van der Waals surface area contributed by atoms with Gasteiger partial charge in [0.15, 0.2) is 0 Å². The summed E-state index contributed by atoms with van der Waals surface area (Å²) < 4.78 is 0. The number of aliphatic hydroxyl groups is 1. The van der Waals surface area contributed by atoms with E-state index in [4.69, 9.17) is 5.11 Å². The summed E-state index contributed by atoms with van der Waals surface area (Å²) in [6, 6.07) is 0. The molecule has 2 aliphatic rings. The molecule has 0 bridgehead atoms. The van der Waals surface area contributed by atoms with Crippen LogP contribution in [0.3, 0.4) is 0 Å². The summed E-state index contributed by atoms with van der Waals surface area (Å²) in [6.07, 6.45) is 5.09. The molecule has 1 aliphatic carbocycles. The number of piperidine rings is 1. The van der Waals surface area contributed by atoms with Gasteiger partial charge in [-0.15, -0.1) is 0 Å². The summed E-state index contributed by atoms with van der Waals surface area (Å²) in [7, 11) is 0. The average Bonchev–Trinajstić information content (AvgIpc) is 3.00. The van der Waals surface area contributed by atoms with Crippen molar-refractivity contribution in [2.45, 2.75) is 25.7 Å². The number of aliphatic hydroxyl groups excluding tert-OH is 1. The van der Waals surface area contributed by atoms with Gasteiger partial charge in [0.1, 0.15) is 0 Å². The quantitative estimate of drug-likeness (QED) is 0.597. The zero-order chi connectivity index (χ0) is 9.86. The van der Waals surface area contributed by atoms with Gasteiger partial charge in [0, 0.05) is 18.6 Å². The molecule has 3 nitrogen and oxygen atoms in total. The molecule has 1 unspecified atom stereocenters. The second kappa shape index (κ2) is 4.60. The fraction of sp³-hybridized carbons (Fsp3) is 1.00. The molecular formula is C11H22N2O. The first-order chi connectivity index (χ1) is 6.85. The number of hydrogen-bond donors (Lipinski definition) is 3. The highest BCUT2D eigenvalue weighted by Gasteiger charge is 2.41. The molecule has 82 valence electrons. The van der Waals surface area contributed by atoms with E-state index in [0.717, 1.165) is 19.0 Å². The van der Waals surface area contributed by atoms with E-state index in [9.17, 15) is 0 Å². The third-order valence-corrected chi connectivity index (χ3v) is 3.62. The lowest BCUT2D eigenvalue weighted by atomic mass is 9.99. The summed E-state index contributed by atoms with van der Waals surface area (Å²) in [5, 5.41) is 16.1. The molecule has 1 aliphatic heterocycles. The predicted octanol–water partition coefficient (Wildman–Crippen LogP) is 0.348. The van der Waals surface area contributed by atoms with Gasteiger partial charge >= 0.3 is 0 Å². The van der Waals surface area contributed by atoms with Gasteiger partial charge in [-0.3, -0.25) is 0 Å². The zero-order valence-corrected chi connectivity index (χ0v) is 8.89. The van der Waals surface area contributed by atoms with Crippen LogP contribution in [0.4, 0.5) is 0 Å². The normalized spacial score (nSPS) is 30.2. The molecule has 3 heteroatoms. The molecule has 2 fully saturated rings. The lowest BCUT2D eigenvalue weighted by Gasteiger charge is -2.24. The first kappa shape index (κ1) is 10.4. The monoisotopic (exact) mass is 198 g/mol. The van der Waals surface area contributed by atoms with E-state index in [1.165, 1.54) is 38.8 Å². The van der Waals surface area contributed by atoms with Crippen LogP contribution in [0.1, 0.15) is 25.7 Å². The van der Waals surface area contributed by atoms with Crippen LogP contribution < -0.4 is 10.6 Å². The highest BCUT2D eigenvalue weighted by Crippen LogP contribution is 2.44. The highest BCUT2D eigenvalue weighted by molar-refractivity contribution is 4.94. The van der Waals surface area contributed by atoms with E-state index in [0.29, 0.717) is 6.61 Å². The molecule has 3 N–H and O–H groups in total. The SMILES string of the molecule is OCC1(CNCC2CCCNC2)CC1. The van der Waals surface area contributed by atoms with Crippen molar-refractivity contribution in [2.24, 2.45) is 11.3 Å². The molecule has 1 saturated carbocycles. The van der Waals surface area contributed by atoms with Gasteiger partial charge in [0.25, 0.3) is 0 Å². The molecule has 1 saturated heterocycles. The van der Waals surface area contributed by atoms with Crippen LogP contribution in [0.2, 0.25) is 0 Å². The van der Waals surface area contributed by atoms with Gasteiger partial charge < -0.3 is 15.7 Å². The van der Waals surface area contributed by atoms with Crippen molar-refractivity contribution >= 4 is 0 Å². The van der Waals surface area contributed by atoms with E-state index in [-0.39, 0.29) is 5.41 Å². The summed E-state index contributed by atoms with van der Waals surface area (Å²) in [4.78, 5) is 0. The molecule has 2 rings (SSSR count). The standard InChI is InChI=1S/C11H22N2O/c14-9-11(3-4-11)8-13-7-10-2-1-5-12-6-10/h10,12-14H,1-9H2. The molecule has 0 spiro atoms. The van der Waals surface area contributed by atoms with Crippen molar-refractivity contribution in [3.05, 3.63) is 0 Å². The summed E-state index contributed by atoms with van der Waals surface area (Å²) in [5.41, 5.74) is 0.266. The Labute approximate surface area is 86.3 Å². The third kappa shape index (κ3) is 2.69. The number of hydrogen-bond acceptors (Lipinski definition) is 3. The fourth-order valence-corrected chi connectivity index (χ4v) is 2.21. The van der Waals surface area contributed by atoms with Crippen LogP contribution >= 0.6 is 0 Å². The zero-order valence-electron chi connectivity index (χ0n) is 8.89. The molecular weight excluding hydrogens is 176 g/mol. The van der Waals surface area contributed by atoms with E-state index < -0.39 is 0 Å². The van der Waals surface area contributed by atoms with E-state index in [2.05, 4.69) is 10.6 Å². The van der Waals surface area contributed by atoms with E-state index in [1.807, 2.05) is 0 Å². The Morgan fingerprint density at radius 1 is 1.43 bits per heavy atom. The average molecular weight is 198 g/mol. The van der Waals surface area contributed by atoms with Crippen LogP contribution in [0.25, 0.3) is 0 Å². The van der Waals surface area contributed by atoms with Gasteiger partial charge in [-0.25, -0.2) is 0 Å². The van der Waals surface area contributed by atoms with Crippen molar-refractivity contribution in [1.29, 1.82) is 0 Å². The Morgan fingerprint density at radius 3 is 2.86 bits per heavy atom. The topological polar surface area (TPSA) is 44.3 Å². The Bertz CT molecular complexity index is 174. The number of nitrogens with one attached hydrogen (secondary N) is 2. The molecule has 1 heterocycles. The van der Waals surface area contributed by atoms with Gasteiger partial charge in [-0.05, 0) is 51.2 Å². The summed E-state index contributed by atoms with van der Waals surface area (Å²) >= 11 is 0. The Balaban J connectivity index is 1.58. The van der Waals surface area contributed by atoms with E-state index in [1.54, 1.807) is 0 Å². The van der Waals surface area contributed by atoms with Crippen LogP contribution in [0, 0.1) is 11.3 Å². The lowest BCUT2D eigenvalue weighted by Crippen LogP contribution is -2.38. The van der Waals surface area contributed by atoms with Gasteiger partial charge in [-0.2, -0.15) is 0 Å². The van der Waals surface area contributed by atoms with Crippen molar-refractivity contribution in [3.63, 3.8) is 0 Å². The minimum Gasteiger partial charge on any atom is -0.396 e. The first-order valence-electron chi connectivity index (χ1n) is 5.87. The molecule has 0 aromatic carbocycles. The van der Waals surface area contributed by atoms with Gasteiger partial charge in [-0.1, -0.05) is 0 Å². The largest absolute Gasteiger partial charge is 0.396 e. The lowest BCUT2D eigenvalue weighted by molar-refractivity contribution is 0.204. The van der Waals surface area contributed by atoms with Crippen molar-refractivity contribution in [1.82, 2.24) is 10.6 Å². The Morgan fingerprint density at radius 2 is 2.29 bits per heavy atom. The molecule has 0 amide bonds. The predicted molar refractivity (Wildman–Crippen MR) is 57.2 cm³/mol. The Kier molecular flexibility index (Phi) is 3.42. The third-order valence-electron chi connectivity index (χ3n) is 3.62. The molecule has 1 atom stereocenters. The second-order valence-electron chi connectivity index (χ2n) is 5.00. The summed E-state index contributed by atoms with van der Waals surface area (Å²) in [5.74, 6) is 0.804. The van der Waals surface area contributed by atoms with Gasteiger partial charge in [0.2, 0.25) is 0 Å². The highest BCUT2D eigenvalue weighted by atomic mass is 16.3. The Hall–Kier alpha value is -0.120. The maximum atomic E-state index is 9.14.